The van der Waals surface area contributed by atoms with Gasteiger partial charge in [-0.05, 0) is 12.5 Å². The third-order valence-corrected chi connectivity index (χ3v) is 6.44. The molecule has 6 nitrogen and oxygen atoms in total. The van der Waals surface area contributed by atoms with Crippen LogP contribution in [-0.2, 0) is 13.6 Å². The van der Waals surface area contributed by atoms with Gasteiger partial charge in [0, 0.05) is 56.6 Å². The highest BCUT2D eigenvalue weighted by molar-refractivity contribution is 7.17. The van der Waals surface area contributed by atoms with Crippen molar-refractivity contribution in [1.82, 2.24) is 24.4 Å². The van der Waals surface area contributed by atoms with Crippen molar-refractivity contribution in [2.24, 2.45) is 7.05 Å². The summed E-state index contributed by atoms with van der Waals surface area (Å²) in [6, 6.07) is 10.6. The maximum Gasteiger partial charge on any atom is 0.141 e. The molecule has 0 saturated carbocycles. The SMILES string of the molecule is Cc1nc(N2CCN(Cc3nccn3C)CC2)c2c(-c3ccccc3)csc2n1. The third-order valence-electron chi connectivity index (χ3n) is 5.57. The standard InChI is InChI=1S/C22H24N6S/c1-16-24-21(20-18(15-29-22(20)25-16)17-6-4-3-5-7-17)28-12-10-27(11-13-28)14-19-23-8-9-26(19)2/h3-9,15H,10-14H2,1-2H3. The second kappa shape index (κ2) is 7.57. The first-order valence-corrected chi connectivity index (χ1v) is 10.8. The highest BCUT2D eigenvalue weighted by Gasteiger charge is 2.23. The molecule has 0 atom stereocenters. The number of rotatable bonds is 4. The topological polar surface area (TPSA) is 50.1 Å². The maximum absolute atomic E-state index is 4.88. The lowest BCUT2D eigenvalue weighted by Crippen LogP contribution is -2.46. The van der Waals surface area contributed by atoms with E-state index >= 15 is 0 Å². The van der Waals surface area contributed by atoms with Gasteiger partial charge in [-0.1, -0.05) is 30.3 Å². The van der Waals surface area contributed by atoms with Crippen LogP contribution in [-0.4, -0.2) is 50.6 Å². The van der Waals surface area contributed by atoms with Crippen LogP contribution in [0, 0.1) is 6.92 Å². The molecule has 0 N–H and O–H groups in total. The van der Waals surface area contributed by atoms with Crippen molar-refractivity contribution in [1.29, 1.82) is 0 Å². The Balaban J connectivity index is 1.43. The Bertz CT molecular complexity index is 1120. The van der Waals surface area contributed by atoms with Gasteiger partial charge in [0.05, 0.1) is 11.9 Å². The molecule has 148 valence electrons. The molecule has 1 aliphatic heterocycles. The van der Waals surface area contributed by atoms with Crippen molar-refractivity contribution in [2.45, 2.75) is 13.5 Å². The van der Waals surface area contributed by atoms with E-state index in [1.54, 1.807) is 11.3 Å². The molecule has 7 heteroatoms. The van der Waals surface area contributed by atoms with Crippen LogP contribution in [0.5, 0.6) is 0 Å². The van der Waals surface area contributed by atoms with Gasteiger partial charge in [-0.2, -0.15) is 0 Å². The van der Waals surface area contributed by atoms with E-state index in [4.69, 9.17) is 9.97 Å². The van der Waals surface area contributed by atoms with E-state index in [-0.39, 0.29) is 0 Å². The monoisotopic (exact) mass is 404 g/mol. The molecule has 1 saturated heterocycles. The second-order valence-corrected chi connectivity index (χ2v) is 8.37. The molecule has 0 unspecified atom stereocenters. The highest BCUT2D eigenvalue weighted by atomic mass is 32.1. The van der Waals surface area contributed by atoms with E-state index in [1.807, 2.05) is 19.3 Å². The van der Waals surface area contributed by atoms with Gasteiger partial charge in [-0.25, -0.2) is 15.0 Å². The number of piperazine rings is 1. The number of nitrogens with zero attached hydrogens (tertiary/aromatic N) is 6. The first-order chi connectivity index (χ1) is 14.2. The van der Waals surface area contributed by atoms with Crippen molar-refractivity contribution in [3.8, 4) is 11.1 Å². The van der Waals surface area contributed by atoms with Crippen molar-refractivity contribution in [3.63, 3.8) is 0 Å². The molecular formula is C22H24N6S. The fourth-order valence-corrected chi connectivity index (χ4v) is 4.94. The number of aryl methyl sites for hydroxylation is 2. The molecule has 5 rings (SSSR count). The molecule has 1 aromatic carbocycles. The predicted octanol–water partition coefficient (Wildman–Crippen LogP) is 3.72. The number of hydrogen-bond acceptors (Lipinski definition) is 6. The summed E-state index contributed by atoms with van der Waals surface area (Å²) in [6.07, 6.45) is 3.88. The molecule has 3 aromatic heterocycles. The van der Waals surface area contributed by atoms with Crippen LogP contribution >= 0.6 is 11.3 Å². The average Bonchev–Trinajstić information content (AvgIpc) is 3.35. The van der Waals surface area contributed by atoms with Crippen LogP contribution in [0.4, 0.5) is 5.82 Å². The van der Waals surface area contributed by atoms with Gasteiger partial charge in [0.25, 0.3) is 0 Å². The number of hydrogen-bond donors (Lipinski definition) is 0. The van der Waals surface area contributed by atoms with Gasteiger partial charge in [0.2, 0.25) is 0 Å². The number of thiophene rings is 1. The molecule has 4 heterocycles. The lowest BCUT2D eigenvalue weighted by Gasteiger charge is -2.35. The second-order valence-electron chi connectivity index (χ2n) is 7.51. The molecular weight excluding hydrogens is 380 g/mol. The molecule has 4 aromatic rings. The Labute approximate surface area is 174 Å². The zero-order chi connectivity index (χ0) is 19.8. The summed E-state index contributed by atoms with van der Waals surface area (Å²) in [7, 11) is 2.06. The molecule has 1 fully saturated rings. The van der Waals surface area contributed by atoms with Gasteiger partial charge in [-0.3, -0.25) is 4.90 Å². The molecule has 0 spiro atoms. The Morgan fingerprint density at radius 3 is 2.55 bits per heavy atom. The Morgan fingerprint density at radius 2 is 1.83 bits per heavy atom. The van der Waals surface area contributed by atoms with E-state index in [1.165, 1.54) is 16.5 Å². The summed E-state index contributed by atoms with van der Waals surface area (Å²) in [5.41, 5.74) is 2.46. The zero-order valence-corrected chi connectivity index (χ0v) is 17.6. The van der Waals surface area contributed by atoms with Crippen LogP contribution < -0.4 is 4.90 Å². The lowest BCUT2D eigenvalue weighted by atomic mass is 10.1. The van der Waals surface area contributed by atoms with Crippen LogP contribution in [0.2, 0.25) is 0 Å². The Kier molecular flexibility index (Phi) is 4.77. The maximum atomic E-state index is 4.88. The highest BCUT2D eigenvalue weighted by Crippen LogP contribution is 2.38. The molecule has 29 heavy (non-hydrogen) atoms. The van der Waals surface area contributed by atoms with Crippen molar-refractivity contribution in [2.75, 3.05) is 31.1 Å². The first kappa shape index (κ1) is 18.3. The van der Waals surface area contributed by atoms with Gasteiger partial charge in [-0.15, -0.1) is 11.3 Å². The summed E-state index contributed by atoms with van der Waals surface area (Å²) in [5, 5.41) is 3.40. The van der Waals surface area contributed by atoms with Crippen molar-refractivity contribution in [3.05, 3.63) is 59.8 Å². The number of aromatic nitrogens is 4. The fraction of sp³-hybridized carbons (Fsp3) is 0.318. The Hall–Kier alpha value is -2.77. The minimum absolute atomic E-state index is 0.837. The van der Waals surface area contributed by atoms with E-state index in [9.17, 15) is 0 Å². The fourth-order valence-electron chi connectivity index (χ4n) is 3.95. The van der Waals surface area contributed by atoms with Crippen LogP contribution in [0.3, 0.4) is 0 Å². The molecule has 0 amide bonds. The molecule has 0 aliphatic carbocycles. The molecule has 1 aliphatic rings. The van der Waals surface area contributed by atoms with Gasteiger partial charge in [0.1, 0.15) is 22.3 Å². The minimum atomic E-state index is 0.837. The van der Waals surface area contributed by atoms with E-state index in [0.29, 0.717) is 0 Å². The van der Waals surface area contributed by atoms with Gasteiger partial charge < -0.3 is 9.47 Å². The van der Waals surface area contributed by atoms with Gasteiger partial charge in [0.15, 0.2) is 0 Å². The number of imidazole rings is 1. The third kappa shape index (κ3) is 3.52. The summed E-state index contributed by atoms with van der Waals surface area (Å²) in [5.74, 6) is 3.02. The van der Waals surface area contributed by atoms with Gasteiger partial charge >= 0.3 is 0 Å². The summed E-state index contributed by atoms with van der Waals surface area (Å²) in [4.78, 5) is 20.0. The van der Waals surface area contributed by atoms with Crippen molar-refractivity contribution < 1.29 is 0 Å². The molecule has 0 bridgehead atoms. The largest absolute Gasteiger partial charge is 0.353 e. The van der Waals surface area contributed by atoms with E-state index in [0.717, 1.165) is 55.0 Å². The van der Waals surface area contributed by atoms with Crippen LogP contribution in [0.25, 0.3) is 21.3 Å². The number of fused-ring (bicyclic) bond motifs is 1. The van der Waals surface area contributed by atoms with Crippen LogP contribution in [0.1, 0.15) is 11.6 Å². The molecule has 0 radical (unpaired) electrons. The average molecular weight is 405 g/mol. The smallest absolute Gasteiger partial charge is 0.141 e. The zero-order valence-electron chi connectivity index (χ0n) is 16.7. The minimum Gasteiger partial charge on any atom is -0.353 e. The first-order valence-electron chi connectivity index (χ1n) is 9.94. The summed E-state index contributed by atoms with van der Waals surface area (Å²) in [6.45, 7) is 6.80. The normalized spacial score (nSPS) is 15.3. The number of benzene rings is 1. The number of anilines is 1. The lowest BCUT2D eigenvalue weighted by molar-refractivity contribution is 0.241. The van der Waals surface area contributed by atoms with Crippen LogP contribution in [0.15, 0.2) is 48.1 Å². The Morgan fingerprint density at radius 1 is 1.03 bits per heavy atom. The quantitative estimate of drug-likeness (QED) is 0.519. The van der Waals surface area contributed by atoms with E-state index < -0.39 is 0 Å². The summed E-state index contributed by atoms with van der Waals surface area (Å²) >= 11 is 1.71. The predicted molar refractivity (Wildman–Crippen MR) is 118 cm³/mol. The summed E-state index contributed by atoms with van der Waals surface area (Å²) < 4.78 is 2.10. The van der Waals surface area contributed by atoms with E-state index in [2.05, 4.69) is 62.1 Å². The van der Waals surface area contributed by atoms with Crippen molar-refractivity contribution >= 4 is 27.4 Å².